The maximum absolute atomic E-state index is 11.7. The quantitative estimate of drug-likeness (QED) is 0.737. The average Bonchev–Trinajstić information content (AvgIpc) is 2.16. The van der Waals surface area contributed by atoms with E-state index in [4.69, 9.17) is 16.3 Å². The van der Waals surface area contributed by atoms with E-state index in [-0.39, 0.29) is 11.5 Å². The highest BCUT2D eigenvalue weighted by Crippen LogP contribution is 2.34. The van der Waals surface area contributed by atoms with Crippen LogP contribution in [0.5, 0.6) is 0 Å². The van der Waals surface area contributed by atoms with Crippen LogP contribution < -0.4 is 5.32 Å². The van der Waals surface area contributed by atoms with Crippen LogP contribution >= 0.6 is 11.6 Å². The van der Waals surface area contributed by atoms with Gasteiger partial charge < -0.3 is 10.1 Å². The average molecular weight is 234 g/mol. The maximum atomic E-state index is 11.7. The standard InChI is InChI=1S/C11H20ClNO2/c1-10(2,7-12)9(14)13-8-11(15-3)5-4-6-11/h4-8H2,1-3H3,(H,13,14). The van der Waals surface area contributed by atoms with Crippen molar-refractivity contribution in [1.82, 2.24) is 5.32 Å². The van der Waals surface area contributed by atoms with Crippen molar-refractivity contribution in [2.24, 2.45) is 5.41 Å². The third kappa shape index (κ3) is 2.85. The van der Waals surface area contributed by atoms with Crippen molar-refractivity contribution < 1.29 is 9.53 Å². The summed E-state index contributed by atoms with van der Waals surface area (Å²) in [5.74, 6) is 0.333. The van der Waals surface area contributed by atoms with Gasteiger partial charge in [0, 0.05) is 19.5 Å². The van der Waals surface area contributed by atoms with Gasteiger partial charge in [-0.1, -0.05) is 0 Å². The van der Waals surface area contributed by atoms with E-state index in [1.807, 2.05) is 13.8 Å². The molecular weight excluding hydrogens is 214 g/mol. The first-order chi connectivity index (χ1) is 6.96. The van der Waals surface area contributed by atoms with Crippen LogP contribution in [0.4, 0.5) is 0 Å². The van der Waals surface area contributed by atoms with Crippen LogP contribution in [0.15, 0.2) is 0 Å². The number of alkyl halides is 1. The number of amides is 1. The molecular formula is C11H20ClNO2. The molecule has 0 heterocycles. The maximum Gasteiger partial charge on any atom is 0.226 e. The Bertz CT molecular complexity index is 231. The molecule has 1 aliphatic rings. The van der Waals surface area contributed by atoms with Crippen molar-refractivity contribution in [2.75, 3.05) is 19.5 Å². The molecule has 1 rings (SSSR count). The summed E-state index contributed by atoms with van der Waals surface area (Å²) in [6.45, 7) is 4.29. The van der Waals surface area contributed by atoms with Gasteiger partial charge in [-0.3, -0.25) is 4.79 Å². The molecule has 0 radical (unpaired) electrons. The van der Waals surface area contributed by atoms with Crippen molar-refractivity contribution >= 4 is 17.5 Å². The first-order valence-corrected chi connectivity index (χ1v) is 5.89. The largest absolute Gasteiger partial charge is 0.376 e. The summed E-state index contributed by atoms with van der Waals surface area (Å²) in [6.07, 6.45) is 3.25. The summed E-state index contributed by atoms with van der Waals surface area (Å²) in [6, 6.07) is 0. The Morgan fingerprint density at radius 2 is 2.13 bits per heavy atom. The van der Waals surface area contributed by atoms with Gasteiger partial charge in [-0.25, -0.2) is 0 Å². The molecule has 3 nitrogen and oxygen atoms in total. The SMILES string of the molecule is COC1(CNC(=O)C(C)(C)CCl)CCC1. The molecule has 1 N–H and O–H groups in total. The predicted molar refractivity (Wildman–Crippen MR) is 61.1 cm³/mol. The third-order valence-electron chi connectivity index (χ3n) is 3.22. The Kier molecular flexibility index (Phi) is 4.01. The van der Waals surface area contributed by atoms with E-state index in [2.05, 4.69) is 5.32 Å². The molecule has 0 unspecified atom stereocenters. The van der Waals surface area contributed by atoms with E-state index < -0.39 is 5.41 Å². The number of carbonyl (C=O) groups excluding carboxylic acids is 1. The number of methoxy groups -OCH3 is 1. The highest BCUT2D eigenvalue weighted by Gasteiger charge is 2.38. The first kappa shape index (κ1) is 12.8. The molecule has 88 valence electrons. The van der Waals surface area contributed by atoms with Gasteiger partial charge >= 0.3 is 0 Å². The van der Waals surface area contributed by atoms with Crippen molar-refractivity contribution in [3.8, 4) is 0 Å². The van der Waals surface area contributed by atoms with Gasteiger partial charge in [0.1, 0.15) is 0 Å². The lowest BCUT2D eigenvalue weighted by Gasteiger charge is -2.41. The highest BCUT2D eigenvalue weighted by molar-refractivity contribution is 6.19. The van der Waals surface area contributed by atoms with Gasteiger partial charge in [-0.15, -0.1) is 11.6 Å². The molecule has 1 aliphatic carbocycles. The molecule has 0 aliphatic heterocycles. The fourth-order valence-corrected chi connectivity index (χ4v) is 1.69. The summed E-state index contributed by atoms with van der Waals surface area (Å²) in [5.41, 5.74) is -0.613. The smallest absolute Gasteiger partial charge is 0.226 e. The normalized spacial score (nSPS) is 19.5. The zero-order chi connectivity index (χ0) is 11.5. The van der Waals surface area contributed by atoms with Gasteiger partial charge in [0.2, 0.25) is 5.91 Å². The van der Waals surface area contributed by atoms with Gasteiger partial charge in [0.25, 0.3) is 0 Å². The van der Waals surface area contributed by atoms with Crippen LogP contribution in [0.2, 0.25) is 0 Å². The molecule has 0 aromatic rings. The first-order valence-electron chi connectivity index (χ1n) is 5.35. The van der Waals surface area contributed by atoms with E-state index >= 15 is 0 Å². The van der Waals surface area contributed by atoms with Crippen LogP contribution in [-0.4, -0.2) is 31.0 Å². The molecule has 0 aromatic carbocycles. The number of rotatable bonds is 5. The van der Waals surface area contributed by atoms with E-state index in [0.29, 0.717) is 12.4 Å². The van der Waals surface area contributed by atoms with Crippen LogP contribution in [0, 0.1) is 5.41 Å². The fraction of sp³-hybridized carbons (Fsp3) is 0.909. The van der Waals surface area contributed by atoms with Crippen LogP contribution in [0.1, 0.15) is 33.1 Å². The Morgan fingerprint density at radius 3 is 2.47 bits per heavy atom. The lowest BCUT2D eigenvalue weighted by Crippen LogP contribution is -2.51. The number of halogens is 1. The van der Waals surface area contributed by atoms with Gasteiger partial charge in [0.05, 0.1) is 11.0 Å². The highest BCUT2D eigenvalue weighted by atomic mass is 35.5. The second kappa shape index (κ2) is 4.71. The lowest BCUT2D eigenvalue weighted by molar-refractivity contribution is -0.131. The second-order valence-electron chi connectivity index (χ2n) is 4.94. The van der Waals surface area contributed by atoms with E-state index in [9.17, 15) is 4.79 Å². The summed E-state index contributed by atoms with van der Waals surface area (Å²) in [4.78, 5) is 11.7. The number of carbonyl (C=O) groups is 1. The van der Waals surface area contributed by atoms with E-state index in [1.54, 1.807) is 7.11 Å². The molecule has 1 fully saturated rings. The van der Waals surface area contributed by atoms with Crippen molar-refractivity contribution in [3.05, 3.63) is 0 Å². The zero-order valence-corrected chi connectivity index (χ0v) is 10.5. The summed E-state index contributed by atoms with van der Waals surface area (Å²) in [5, 5.41) is 2.92. The van der Waals surface area contributed by atoms with Crippen molar-refractivity contribution in [2.45, 2.75) is 38.7 Å². The van der Waals surface area contributed by atoms with Crippen LogP contribution in [0.3, 0.4) is 0 Å². The lowest BCUT2D eigenvalue weighted by atomic mass is 9.79. The monoisotopic (exact) mass is 233 g/mol. The van der Waals surface area contributed by atoms with E-state index in [1.165, 1.54) is 6.42 Å². The van der Waals surface area contributed by atoms with Crippen molar-refractivity contribution in [3.63, 3.8) is 0 Å². The second-order valence-corrected chi connectivity index (χ2v) is 5.21. The summed E-state index contributed by atoms with van der Waals surface area (Å²) >= 11 is 5.73. The molecule has 0 atom stereocenters. The van der Waals surface area contributed by atoms with Crippen LogP contribution in [-0.2, 0) is 9.53 Å². The van der Waals surface area contributed by atoms with E-state index in [0.717, 1.165) is 12.8 Å². The third-order valence-corrected chi connectivity index (χ3v) is 3.89. The minimum Gasteiger partial charge on any atom is -0.376 e. The molecule has 0 spiro atoms. The molecule has 0 aromatic heterocycles. The minimum atomic E-state index is -0.500. The van der Waals surface area contributed by atoms with Crippen LogP contribution in [0.25, 0.3) is 0 Å². The number of hydrogen-bond donors (Lipinski definition) is 1. The Morgan fingerprint density at radius 1 is 1.53 bits per heavy atom. The zero-order valence-electron chi connectivity index (χ0n) is 9.73. The summed E-state index contributed by atoms with van der Waals surface area (Å²) in [7, 11) is 1.71. The molecule has 1 amide bonds. The fourth-order valence-electron chi connectivity index (χ4n) is 1.57. The Hall–Kier alpha value is -0.280. The number of nitrogens with one attached hydrogen (secondary N) is 1. The van der Waals surface area contributed by atoms with Crippen molar-refractivity contribution in [1.29, 1.82) is 0 Å². The van der Waals surface area contributed by atoms with Gasteiger partial charge in [-0.2, -0.15) is 0 Å². The molecule has 0 saturated heterocycles. The summed E-state index contributed by atoms with van der Waals surface area (Å²) < 4.78 is 5.42. The van der Waals surface area contributed by atoms with Gasteiger partial charge in [0.15, 0.2) is 0 Å². The predicted octanol–water partition coefficient (Wildman–Crippen LogP) is 1.94. The minimum absolute atomic E-state index is 0.000764. The molecule has 4 heteroatoms. The number of ether oxygens (including phenoxy) is 1. The van der Waals surface area contributed by atoms with Gasteiger partial charge in [-0.05, 0) is 33.1 Å². The molecule has 15 heavy (non-hydrogen) atoms. The number of hydrogen-bond acceptors (Lipinski definition) is 2. The topological polar surface area (TPSA) is 38.3 Å². The molecule has 1 saturated carbocycles. The Balaban J connectivity index is 2.40. The Labute approximate surface area is 96.5 Å². The molecule has 0 bridgehead atoms.